The first-order valence-corrected chi connectivity index (χ1v) is 8.84. The van der Waals surface area contributed by atoms with Crippen LogP contribution in [-0.2, 0) is 0 Å². The Morgan fingerprint density at radius 1 is 1.09 bits per heavy atom. The summed E-state index contributed by atoms with van der Waals surface area (Å²) in [6, 6.07) is 5.78. The Bertz CT molecular complexity index is 408. The molecule has 1 aliphatic rings. The van der Waals surface area contributed by atoms with Crippen molar-refractivity contribution >= 4 is 11.4 Å². The van der Waals surface area contributed by atoms with Gasteiger partial charge in [-0.2, -0.15) is 0 Å². The standard InChI is InChI=1S/C11H17FN2.C8H16/c1-4-14(5-2)10-7-6-9(3)11(8-10)13-12;1-8-6-4-2-3-5-7-8/h6-8,13H,4-5H2,1-3H3;8H,2-7H2,1H3. The second kappa shape index (κ2) is 10.5. The van der Waals surface area contributed by atoms with Crippen LogP contribution in [-0.4, -0.2) is 13.1 Å². The van der Waals surface area contributed by atoms with Gasteiger partial charge < -0.3 is 4.90 Å². The summed E-state index contributed by atoms with van der Waals surface area (Å²) in [4.78, 5) is 2.18. The molecular weight excluding hydrogens is 275 g/mol. The lowest BCUT2D eigenvalue weighted by Crippen LogP contribution is -2.21. The van der Waals surface area contributed by atoms with Gasteiger partial charge in [0.05, 0.1) is 5.69 Å². The minimum absolute atomic E-state index is 0.550. The van der Waals surface area contributed by atoms with E-state index in [0.29, 0.717) is 5.69 Å². The van der Waals surface area contributed by atoms with Gasteiger partial charge in [-0.15, -0.1) is 4.48 Å². The minimum atomic E-state index is 0.550. The molecule has 0 atom stereocenters. The normalized spacial score (nSPS) is 15.5. The predicted molar refractivity (Wildman–Crippen MR) is 96.3 cm³/mol. The highest BCUT2D eigenvalue weighted by Crippen LogP contribution is 2.23. The van der Waals surface area contributed by atoms with Gasteiger partial charge in [-0.05, 0) is 44.4 Å². The van der Waals surface area contributed by atoms with E-state index in [0.717, 1.165) is 30.3 Å². The van der Waals surface area contributed by atoms with Crippen LogP contribution < -0.4 is 10.4 Å². The van der Waals surface area contributed by atoms with Crippen LogP contribution in [0.5, 0.6) is 0 Å². The SMILES string of the molecule is CC1CCCCCC1.CCN(CC)c1ccc(C)c(NF)c1. The van der Waals surface area contributed by atoms with Crippen LogP contribution in [0.3, 0.4) is 0 Å². The number of nitrogens with one attached hydrogen (secondary N) is 1. The monoisotopic (exact) mass is 308 g/mol. The zero-order valence-electron chi connectivity index (χ0n) is 14.8. The lowest BCUT2D eigenvalue weighted by Gasteiger charge is -2.21. The van der Waals surface area contributed by atoms with E-state index < -0.39 is 0 Å². The van der Waals surface area contributed by atoms with Crippen LogP contribution in [0.15, 0.2) is 18.2 Å². The fourth-order valence-electron chi connectivity index (χ4n) is 2.98. The largest absolute Gasteiger partial charge is 0.372 e. The fourth-order valence-corrected chi connectivity index (χ4v) is 2.98. The number of halogens is 1. The smallest absolute Gasteiger partial charge is 0.0705 e. The molecule has 0 unspecified atom stereocenters. The molecule has 0 aromatic heterocycles. The molecule has 0 spiro atoms. The Morgan fingerprint density at radius 3 is 2.18 bits per heavy atom. The molecule has 1 N–H and O–H groups in total. The van der Waals surface area contributed by atoms with Crippen molar-refractivity contribution in [2.45, 2.75) is 66.2 Å². The van der Waals surface area contributed by atoms with Crippen molar-refractivity contribution in [2.24, 2.45) is 5.92 Å². The van der Waals surface area contributed by atoms with E-state index in [1.807, 2.05) is 25.1 Å². The molecule has 0 amide bonds. The summed E-state index contributed by atoms with van der Waals surface area (Å²) in [6.07, 6.45) is 8.93. The van der Waals surface area contributed by atoms with Crippen LogP contribution in [0, 0.1) is 12.8 Å². The average Bonchev–Trinajstić information content (AvgIpc) is 2.78. The highest BCUT2D eigenvalue weighted by molar-refractivity contribution is 5.61. The van der Waals surface area contributed by atoms with E-state index >= 15 is 0 Å². The lowest BCUT2D eigenvalue weighted by molar-refractivity contribution is 0.505. The van der Waals surface area contributed by atoms with E-state index in [1.165, 1.54) is 38.5 Å². The fraction of sp³-hybridized carbons (Fsp3) is 0.684. The van der Waals surface area contributed by atoms with E-state index in [-0.39, 0.29) is 0 Å². The van der Waals surface area contributed by atoms with Gasteiger partial charge in [-0.1, -0.05) is 51.5 Å². The highest BCUT2D eigenvalue weighted by atomic mass is 19.2. The predicted octanol–water partition coefficient (Wildman–Crippen LogP) is 6.11. The first-order valence-electron chi connectivity index (χ1n) is 8.84. The second-order valence-electron chi connectivity index (χ2n) is 6.36. The molecule has 2 nitrogen and oxygen atoms in total. The van der Waals surface area contributed by atoms with Crippen molar-refractivity contribution in [2.75, 3.05) is 23.5 Å². The molecule has 1 saturated carbocycles. The molecule has 0 radical (unpaired) electrons. The lowest BCUT2D eigenvalue weighted by atomic mass is 10.0. The van der Waals surface area contributed by atoms with Crippen LogP contribution in [0.4, 0.5) is 15.9 Å². The van der Waals surface area contributed by atoms with E-state index in [1.54, 1.807) is 5.54 Å². The molecule has 0 aliphatic heterocycles. The molecule has 0 bridgehead atoms. The third kappa shape index (κ3) is 6.25. The topological polar surface area (TPSA) is 15.3 Å². The molecular formula is C19H33FN2. The number of hydrogen-bond donors (Lipinski definition) is 1. The van der Waals surface area contributed by atoms with Crippen molar-refractivity contribution in [3.8, 4) is 0 Å². The van der Waals surface area contributed by atoms with E-state index in [4.69, 9.17) is 0 Å². The Hall–Kier alpha value is -1.25. The molecule has 3 heteroatoms. The number of nitrogens with zero attached hydrogens (tertiary/aromatic N) is 1. The summed E-state index contributed by atoms with van der Waals surface area (Å²) >= 11 is 0. The minimum Gasteiger partial charge on any atom is -0.372 e. The summed E-state index contributed by atoms with van der Waals surface area (Å²) in [7, 11) is 0. The molecule has 1 aliphatic carbocycles. The third-order valence-electron chi connectivity index (χ3n) is 4.60. The van der Waals surface area contributed by atoms with Gasteiger partial charge in [-0.25, -0.2) is 5.54 Å². The Labute approximate surface area is 136 Å². The molecule has 126 valence electrons. The van der Waals surface area contributed by atoms with Gasteiger partial charge >= 0.3 is 0 Å². The van der Waals surface area contributed by atoms with Crippen molar-refractivity contribution in [1.82, 2.24) is 0 Å². The summed E-state index contributed by atoms with van der Waals surface area (Å²) in [5, 5.41) is 0. The van der Waals surface area contributed by atoms with Crippen molar-refractivity contribution in [3.63, 3.8) is 0 Å². The Morgan fingerprint density at radius 2 is 1.68 bits per heavy atom. The van der Waals surface area contributed by atoms with Crippen molar-refractivity contribution < 1.29 is 4.48 Å². The summed E-state index contributed by atoms with van der Waals surface area (Å²) < 4.78 is 12.4. The first-order chi connectivity index (χ1) is 10.6. The summed E-state index contributed by atoms with van der Waals surface area (Å²) in [5.41, 5.74) is 4.24. The van der Waals surface area contributed by atoms with Gasteiger partial charge in [0.1, 0.15) is 0 Å². The van der Waals surface area contributed by atoms with Crippen molar-refractivity contribution in [3.05, 3.63) is 23.8 Å². The van der Waals surface area contributed by atoms with Crippen LogP contribution in [0.1, 0.15) is 64.9 Å². The molecule has 0 heterocycles. The van der Waals surface area contributed by atoms with Gasteiger partial charge in [-0.3, -0.25) is 0 Å². The maximum Gasteiger partial charge on any atom is 0.0705 e. The first kappa shape index (κ1) is 18.8. The summed E-state index contributed by atoms with van der Waals surface area (Å²) in [5.74, 6) is 1.03. The van der Waals surface area contributed by atoms with Gasteiger partial charge in [0.25, 0.3) is 0 Å². The van der Waals surface area contributed by atoms with Crippen LogP contribution in [0.2, 0.25) is 0 Å². The van der Waals surface area contributed by atoms with Gasteiger partial charge in [0.15, 0.2) is 0 Å². The zero-order chi connectivity index (χ0) is 16.4. The highest BCUT2D eigenvalue weighted by Gasteiger charge is 2.05. The third-order valence-corrected chi connectivity index (χ3v) is 4.60. The quantitative estimate of drug-likeness (QED) is 0.533. The van der Waals surface area contributed by atoms with Crippen LogP contribution >= 0.6 is 0 Å². The number of benzene rings is 1. The average molecular weight is 308 g/mol. The molecule has 2 rings (SSSR count). The molecule has 0 saturated heterocycles. The summed E-state index contributed by atoms with van der Waals surface area (Å²) in [6.45, 7) is 10.3. The maximum atomic E-state index is 12.4. The number of rotatable bonds is 4. The van der Waals surface area contributed by atoms with Gasteiger partial charge in [0, 0.05) is 18.8 Å². The van der Waals surface area contributed by atoms with E-state index in [9.17, 15) is 4.48 Å². The van der Waals surface area contributed by atoms with Crippen LogP contribution in [0.25, 0.3) is 0 Å². The number of aryl methyl sites for hydroxylation is 1. The molecule has 1 fully saturated rings. The molecule has 22 heavy (non-hydrogen) atoms. The Balaban J connectivity index is 0.000000255. The molecule has 1 aromatic carbocycles. The molecule has 1 aromatic rings. The van der Waals surface area contributed by atoms with Crippen molar-refractivity contribution in [1.29, 1.82) is 0 Å². The number of anilines is 2. The maximum absolute atomic E-state index is 12.4. The zero-order valence-corrected chi connectivity index (χ0v) is 14.8. The van der Waals surface area contributed by atoms with E-state index in [2.05, 4.69) is 25.7 Å². The Kier molecular flexibility index (Phi) is 8.95. The second-order valence-corrected chi connectivity index (χ2v) is 6.36. The van der Waals surface area contributed by atoms with Gasteiger partial charge in [0.2, 0.25) is 0 Å². The number of hydrogen-bond acceptors (Lipinski definition) is 2.